The molecule has 0 radical (unpaired) electrons. The first-order valence-electron chi connectivity index (χ1n) is 7.78. The van der Waals surface area contributed by atoms with Gasteiger partial charge in [0.1, 0.15) is 5.69 Å². The lowest BCUT2D eigenvalue weighted by atomic mass is 10.2. The SMILES string of the molecule is CC(NC(=O)CNc1ccccc1)c1cn(-c2ccccc2)nn1.Cl. The van der Waals surface area contributed by atoms with E-state index in [9.17, 15) is 4.79 Å². The number of anilines is 1. The van der Waals surface area contributed by atoms with Crippen molar-refractivity contribution < 1.29 is 4.79 Å². The third-order valence-corrected chi connectivity index (χ3v) is 3.58. The van der Waals surface area contributed by atoms with Gasteiger partial charge >= 0.3 is 0 Å². The molecule has 0 aliphatic rings. The van der Waals surface area contributed by atoms with Crippen LogP contribution in [0.1, 0.15) is 18.7 Å². The molecule has 1 heterocycles. The molecule has 1 atom stereocenters. The highest BCUT2D eigenvalue weighted by atomic mass is 35.5. The van der Waals surface area contributed by atoms with Gasteiger partial charge in [-0.1, -0.05) is 41.6 Å². The van der Waals surface area contributed by atoms with Crippen LogP contribution in [-0.2, 0) is 4.79 Å². The minimum absolute atomic E-state index is 0. The number of hydrogen-bond acceptors (Lipinski definition) is 4. The standard InChI is InChI=1S/C18H19N5O.ClH/c1-14(20-18(24)12-19-15-8-4-2-5-9-15)17-13-23(22-21-17)16-10-6-3-7-11-16;/h2-11,13-14,19H,12H2,1H3,(H,20,24);1H. The van der Waals surface area contributed by atoms with E-state index < -0.39 is 0 Å². The average molecular weight is 358 g/mol. The molecule has 0 saturated carbocycles. The second-order valence-corrected chi connectivity index (χ2v) is 5.43. The molecule has 1 amide bonds. The molecule has 0 aliphatic heterocycles. The summed E-state index contributed by atoms with van der Waals surface area (Å²) in [5.41, 5.74) is 2.56. The predicted molar refractivity (Wildman–Crippen MR) is 100 cm³/mol. The van der Waals surface area contributed by atoms with Gasteiger partial charge in [-0.05, 0) is 31.2 Å². The molecule has 0 spiro atoms. The maximum Gasteiger partial charge on any atom is 0.239 e. The molecule has 7 heteroatoms. The Balaban J connectivity index is 0.00000225. The quantitative estimate of drug-likeness (QED) is 0.711. The number of hydrogen-bond donors (Lipinski definition) is 2. The lowest BCUT2D eigenvalue weighted by Gasteiger charge is -2.12. The smallest absolute Gasteiger partial charge is 0.239 e. The molecule has 1 unspecified atom stereocenters. The molecule has 130 valence electrons. The van der Waals surface area contributed by atoms with E-state index in [1.165, 1.54) is 0 Å². The van der Waals surface area contributed by atoms with Crippen LogP contribution in [0.25, 0.3) is 5.69 Å². The maximum absolute atomic E-state index is 12.0. The Morgan fingerprint density at radius 1 is 1.08 bits per heavy atom. The molecule has 2 N–H and O–H groups in total. The van der Waals surface area contributed by atoms with Crippen LogP contribution in [0.4, 0.5) is 5.69 Å². The van der Waals surface area contributed by atoms with Gasteiger partial charge in [0.05, 0.1) is 24.5 Å². The molecule has 0 fully saturated rings. The Hall–Kier alpha value is -2.86. The van der Waals surface area contributed by atoms with Crippen LogP contribution < -0.4 is 10.6 Å². The molecular formula is C18H20ClN5O. The Kier molecular flexibility index (Phi) is 6.54. The summed E-state index contributed by atoms with van der Waals surface area (Å²) in [6.07, 6.45) is 1.82. The van der Waals surface area contributed by atoms with E-state index in [0.717, 1.165) is 11.4 Å². The van der Waals surface area contributed by atoms with Crippen LogP contribution in [0.5, 0.6) is 0 Å². The van der Waals surface area contributed by atoms with Crippen molar-refractivity contribution in [3.8, 4) is 5.69 Å². The molecular weight excluding hydrogens is 338 g/mol. The summed E-state index contributed by atoms with van der Waals surface area (Å²) >= 11 is 0. The van der Waals surface area contributed by atoms with Crippen molar-refractivity contribution >= 4 is 24.0 Å². The number of para-hydroxylation sites is 2. The van der Waals surface area contributed by atoms with Crippen molar-refractivity contribution in [2.75, 3.05) is 11.9 Å². The fourth-order valence-electron chi connectivity index (χ4n) is 2.29. The normalized spacial score (nSPS) is 11.2. The number of rotatable bonds is 6. The van der Waals surface area contributed by atoms with Crippen LogP contribution in [-0.4, -0.2) is 27.4 Å². The van der Waals surface area contributed by atoms with Gasteiger partial charge in [0, 0.05) is 5.69 Å². The van der Waals surface area contributed by atoms with Gasteiger partial charge in [0.2, 0.25) is 5.91 Å². The van der Waals surface area contributed by atoms with E-state index in [1.54, 1.807) is 4.68 Å². The Morgan fingerprint density at radius 3 is 2.40 bits per heavy atom. The van der Waals surface area contributed by atoms with Gasteiger partial charge in [0.25, 0.3) is 0 Å². The van der Waals surface area contributed by atoms with Crippen LogP contribution >= 0.6 is 12.4 Å². The second kappa shape index (κ2) is 8.84. The van der Waals surface area contributed by atoms with Crippen LogP contribution in [0.3, 0.4) is 0 Å². The van der Waals surface area contributed by atoms with Gasteiger partial charge in [-0.15, -0.1) is 17.5 Å². The van der Waals surface area contributed by atoms with Crippen LogP contribution in [0.2, 0.25) is 0 Å². The third kappa shape index (κ3) is 5.06. The minimum atomic E-state index is -0.215. The van der Waals surface area contributed by atoms with Gasteiger partial charge < -0.3 is 10.6 Å². The summed E-state index contributed by atoms with van der Waals surface area (Å²) in [7, 11) is 0. The number of amides is 1. The van der Waals surface area contributed by atoms with E-state index in [0.29, 0.717) is 5.69 Å². The lowest BCUT2D eigenvalue weighted by Crippen LogP contribution is -2.32. The van der Waals surface area contributed by atoms with Crippen molar-refractivity contribution in [1.82, 2.24) is 20.3 Å². The molecule has 0 aliphatic carbocycles. The summed E-state index contributed by atoms with van der Waals surface area (Å²) in [4.78, 5) is 12.0. The minimum Gasteiger partial charge on any atom is -0.376 e. The van der Waals surface area contributed by atoms with Crippen molar-refractivity contribution in [2.24, 2.45) is 0 Å². The van der Waals surface area contributed by atoms with Crippen molar-refractivity contribution in [2.45, 2.75) is 13.0 Å². The van der Waals surface area contributed by atoms with Crippen LogP contribution in [0, 0.1) is 0 Å². The number of nitrogens with one attached hydrogen (secondary N) is 2. The van der Waals surface area contributed by atoms with Gasteiger partial charge in [-0.2, -0.15) is 0 Å². The van der Waals surface area contributed by atoms with E-state index >= 15 is 0 Å². The van der Waals surface area contributed by atoms with E-state index in [-0.39, 0.29) is 30.9 Å². The highest BCUT2D eigenvalue weighted by molar-refractivity contribution is 5.85. The fraction of sp³-hybridized carbons (Fsp3) is 0.167. The monoisotopic (exact) mass is 357 g/mol. The van der Waals surface area contributed by atoms with E-state index in [2.05, 4.69) is 20.9 Å². The number of aromatic nitrogens is 3. The summed E-state index contributed by atoms with van der Waals surface area (Å²) in [6, 6.07) is 19.1. The first kappa shape index (κ1) is 18.5. The van der Waals surface area contributed by atoms with Crippen LogP contribution in [0.15, 0.2) is 66.9 Å². The first-order valence-corrected chi connectivity index (χ1v) is 7.78. The molecule has 0 bridgehead atoms. The van der Waals surface area contributed by atoms with Crippen molar-refractivity contribution in [3.05, 3.63) is 72.6 Å². The summed E-state index contributed by atoms with van der Waals surface area (Å²) in [5, 5.41) is 14.2. The number of nitrogens with zero attached hydrogens (tertiary/aromatic N) is 3. The summed E-state index contributed by atoms with van der Waals surface area (Å²) in [6.45, 7) is 2.10. The molecule has 6 nitrogen and oxygen atoms in total. The number of carbonyl (C=O) groups excluding carboxylic acids is 1. The van der Waals surface area contributed by atoms with E-state index in [4.69, 9.17) is 0 Å². The average Bonchev–Trinajstić information content (AvgIpc) is 3.12. The Morgan fingerprint density at radius 2 is 1.72 bits per heavy atom. The molecule has 3 aromatic rings. The van der Waals surface area contributed by atoms with E-state index in [1.807, 2.05) is 73.8 Å². The topological polar surface area (TPSA) is 71.8 Å². The third-order valence-electron chi connectivity index (χ3n) is 3.58. The number of halogens is 1. The zero-order chi connectivity index (χ0) is 16.8. The lowest BCUT2D eigenvalue weighted by molar-refractivity contribution is -0.120. The Labute approximate surface area is 152 Å². The summed E-state index contributed by atoms with van der Waals surface area (Å²) < 4.78 is 1.69. The maximum atomic E-state index is 12.0. The van der Waals surface area contributed by atoms with Crippen molar-refractivity contribution in [3.63, 3.8) is 0 Å². The summed E-state index contributed by atoms with van der Waals surface area (Å²) in [5.74, 6) is -0.0967. The van der Waals surface area contributed by atoms with Gasteiger partial charge in [-0.3, -0.25) is 4.79 Å². The highest BCUT2D eigenvalue weighted by Gasteiger charge is 2.13. The zero-order valence-electron chi connectivity index (χ0n) is 13.8. The fourth-order valence-corrected chi connectivity index (χ4v) is 2.29. The number of benzene rings is 2. The zero-order valence-corrected chi connectivity index (χ0v) is 14.6. The largest absolute Gasteiger partial charge is 0.376 e. The Bertz CT molecular complexity index is 791. The molecule has 1 aromatic heterocycles. The molecule has 0 saturated heterocycles. The second-order valence-electron chi connectivity index (χ2n) is 5.43. The number of carbonyl (C=O) groups is 1. The highest BCUT2D eigenvalue weighted by Crippen LogP contribution is 2.11. The van der Waals surface area contributed by atoms with Gasteiger partial charge in [0.15, 0.2) is 0 Å². The van der Waals surface area contributed by atoms with Gasteiger partial charge in [-0.25, -0.2) is 4.68 Å². The first-order chi connectivity index (χ1) is 11.7. The van der Waals surface area contributed by atoms with Crippen molar-refractivity contribution in [1.29, 1.82) is 0 Å². The molecule has 2 aromatic carbocycles. The molecule has 3 rings (SSSR count). The predicted octanol–water partition coefficient (Wildman–Crippen LogP) is 2.98. The molecule has 25 heavy (non-hydrogen) atoms.